The molecule has 0 aromatic rings. The average molecular weight is 211 g/mol. The van der Waals surface area contributed by atoms with Crippen molar-refractivity contribution in [2.75, 3.05) is 0 Å². The zero-order valence-corrected chi connectivity index (χ0v) is 9.91. The van der Waals surface area contributed by atoms with Gasteiger partial charge in [0, 0.05) is 12.1 Å². The fraction of sp³-hybridized carbons (Fsp3) is 1.00. The van der Waals surface area contributed by atoms with Crippen LogP contribution in [0.2, 0.25) is 0 Å². The van der Waals surface area contributed by atoms with Crippen molar-refractivity contribution in [2.24, 2.45) is 5.92 Å². The van der Waals surface area contributed by atoms with Crippen LogP contribution in [0.5, 0.6) is 0 Å². The van der Waals surface area contributed by atoms with Crippen LogP contribution in [0.15, 0.2) is 0 Å². The summed E-state index contributed by atoms with van der Waals surface area (Å²) < 4.78 is 0. The van der Waals surface area contributed by atoms with E-state index in [-0.39, 0.29) is 6.10 Å². The summed E-state index contributed by atoms with van der Waals surface area (Å²) in [6.45, 7) is 2.37. The summed E-state index contributed by atoms with van der Waals surface area (Å²) in [5.74, 6) is 0.941. The molecule has 2 nitrogen and oxygen atoms in total. The van der Waals surface area contributed by atoms with E-state index in [4.69, 9.17) is 0 Å². The molecule has 15 heavy (non-hydrogen) atoms. The first-order valence-corrected chi connectivity index (χ1v) is 6.68. The third-order valence-corrected chi connectivity index (χ3v) is 4.18. The Hall–Kier alpha value is -0.0800. The number of nitrogens with one attached hydrogen (secondary N) is 1. The molecular formula is C13H25NO. The predicted molar refractivity (Wildman–Crippen MR) is 62.8 cm³/mol. The predicted octanol–water partition coefficient (Wildman–Crippen LogP) is 2.46. The van der Waals surface area contributed by atoms with Crippen molar-refractivity contribution >= 4 is 0 Å². The van der Waals surface area contributed by atoms with Crippen molar-refractivity contribution < 1.29 is 5.11 Å². The number of hydrogen-bond donors (Lipinski definition) is 2. The van der Waals surface area contributed by atoms with Gasteiger partial charge in [0.05, 0.1) is 6.10 Å². The first-order valence-electron chi connectivity index (χ1n) is 6.68. The molecule has 0 saturated heterocycles. The highest BCUT2D eigenvalue weighted by Gasteiger charge is 2.24. The summed E-state index contributed by atoms with van der Waals surface area (Å²) in [5.41, 5.74) is 0. The van der Waals surface area contributed by atoms with Crippen molar-refractivity contribution in [1.82, 2.24) is 5.32 Å². The van der Waals surface area contributed by atoms with E-state index in [1.807, 2.05) is 0 Å². The molecule has 2 fully saturated rings. The third-order valence-electron chi connectivity index (χ3n) is 4.18. The summed E-state index contributed by atoms with van der Waals surface area (Å²) in [5, 5.41) is 13.2. The molecule has 0 aromatic heterocycles. The molecule has 0 bridgehead atoms. The number of rotatable bonds is 2. The van der Waals surface area contributed by atoms with Gasteiger partial charge in [0.2, 0.25) is 0 Å². The molecule has 0 amide bonds. The smallest absolute Gasteiger partial charge is 0.0541 e. The maximum absolute atomic E-state index is 9.44. The second-order valence-electron chi connectivity index (χ2n) is 5.63. The Bertz CT molecular complexity index is 159. The van der Waals surface area contributed by atoms with Crippen molar-refractivity contribution in [2.45, 2.75) is 76.5 Å². The van der Waals surface area contributed by atoms with Gasteiger partial charge in [0.1, 0.15) is 0 Å². The van der Waals surface area contributed by atoms with Gasteiger partial charge in [0.25, 0.3) is 0 Å². The Balaban J connectivity index is 1.68. The van der Waals surface area contributed by atoms with E-state index < -0.39 is 0 Å². The topological polar surface area (TPSA) is 32.3 Å². The molecule has 2 aliphatic rings. The van der Waals surface area contributed by atoms with Crippen molar-refractivity contribution in [3.05, 3.63) is 0 Å². The van der Waals surface area contributed by atoms with Crippen molar-refractivity contribution in [3.63, 3.8) is 0 Å². The monoisotopic (exact) mass is 211 g/mol. The number of hydrogen-bond acceptors (Lipinski definition) is 2. The summed E-state index contributed by atoms with van der Waals surface area (Å²) in [6, 6.07) is 1.45. The summed E-state index contributed by atoms with van der Waals surface area (Å²) in [4.78, 5) is 0. The second-order valence-corrected chi connectivity index (χ2v) is 5.63. The Morgan fingerprint density at radius 2 is 1.27 bits per heavy atom. The number of aliphatic hydroxyl groups excluding tert-OH is 1. The zero-order valence-electron chi connectivity index (χ0n) is 9.91. The van der Waals surface area contributed by atoms with Crippen LogP contribution < -0.4 is 5.32 Å². The summed E-state index contributed by atoms with van der Waals surface area (Å²) in [7, 11) is 0. The van der Waals surface area contributed by atoms with Crippen molar-refractivity contribution in [3.8, 4) is 0 Å². The fourth-order valence-corrected chi connectivity index (χ4v) is 3.00. The zero-order chi connectivity index (χ0) is 10.7. The molecule has 0 aliphatic heterocycles. The van der Waals surface area contributed by atoms with Crippen LogP contribution in [0.3, 0.4) is 0 Å². The minimum atomic E-state index is -0.0190. The van der Waals surface area contributed by atoms with E-state index in [0.717, 1.165) is 24.8 Å². The molecule has 0 atom stereocenters. The maximum Gasteiger partial charge on any atom is 0.0541 e. The van der Waals surface area contributed by atoms with Crippen LogP contribution in [-0.4, -0.2) is 23.3 Å². The van der Waals surface area contributed by atoms with Crippen molar-refractivity contribution in [1.29, 1.82) is 0 Å². The summed E-state index contributed by atoms with van der Waals surface area (Å²) >= 11 is 0. The fourth-order valence-electron chi connectivity index (χ4n) is 3.00. The number of aliphatic hydroxyl groups is 1. The molecule has 0 unspecified atom stereocenters. The van der Waals surface area contributed by atoms with E-state index in [1.54, 1.807) is 0 Å². The molecule has 2 aliphatic carbocycles. The van der Waals surface area contributed by atoms with Gasteiger partial charge in [-0.15, -0.1) is 0 Å². The largest absolute Gasteiger partial charge is 0.393 e. The molecule has 0 spiro atoms. The van der Waals surface area contributed by atoms with Crippen LogP contribution in [0.25, 0.3) is 0 Å². The SMILES string of the molecule is CC1CCC(NC2CCC(O)CC2)CC1. The second kappa shape index (κ2) is 5.31. The minimum Gasteiger partial charge on any atom is -0.393 e. The Morgan fingerprint density at radius 1 is 0.800 bits per heavy atom. The Morgan fingerprint density at radius 3 is 1.80 bits per heavy atom. The van der Waals surface area contributed by atoms with Crippen LogP contribution in [-0.2, 0) is 0 Å². The molecule has 88 valence electrons. The average Bonchev–Trinajstić information content (AvgIpc) is 2.25. The quantitative estimate of drug-likeness (QED) is 0.735. The highest BCUT2D eigenvalue weighted by molar-refractivity contribution is 4.82. The first kappa shape index (κ1) is 11.4. The van der Waals surface area contributed by atoms with Crippen LogP contribution in [0, 0.1) is 5.92 Å². The van der Waals surface area contributed by atoms with Gasteiger partial charge >= 0.3 is 0 Å². The standard InChI is InChI=1S/C13H25NO/c1-10-2-4-11(5-3-10)14-12-6-8-13(15)9-7-12/h10-15H,2-9H2,1H3. The van der Waals surface area contributed by atoms with Gasteiger partial charge < -0.3 is 10.4 Å². The summed E-state index contributed by atoms with van der Waals surface area (Å²) in [6.07, 6.45) is 9.84. The Kier molecular flexibility index (Phi) is 4.04. The molecule has 0 heterocycles. The molecular weight excluding hydrogens is 186 g/mol. The van der Waals surface area contributed by atoms with E-state index in [2.05, 4.69) is 12.2 Å². The van der Waals surface area contributed by atoms with E-state index >= 15 is 0 Å². The molecule has 0 aromatic carbocycles. The first-order chi connectivity index (χ1) is 7.24. The molecule has 2 heteroatoms. The van der Waals surface area contributed by atoms with Crippen LogP contribution in [0.1, 0.15) is 58.3 Å². The lowest BCUT2D eigenvalue weighted by molar-refractivity contribution is 0.111. The van der Waals surface area contributed by atoms with Crippen LogP contribution >= 0.6 is 0 Å². The van der Waals surface area contributed by atoms with Crippen LogP contribution in [0.4, 0.5) is 0 Å². The van der Waals surface area contributed by atoms with Gasteiger partial charge in [-0.05, 0) is 57.3 Å². The molecule has 0 radical (unpaired) electrons. The van der Waals surface area contributed by atoms with E-state index in [1.165, 1.54) is 38.5 Å². The Labute approximate surface area is 93.5 Å². The third kappa shape index (κ3) is 3.46. The van der Waals surface area contributed by atoms with Gasteiger partial charge in [0.15, 0.2) is 0 Å². The van der Waals surface area contributed by atoms with E-state index in [9.17, 15) is 5.11 Å². The van der Waals surface area contributed by atoms with Gasteiger partial charge in [-0.1, -0.05) is 6.92 Å². The minimum absolute atomic E-state index is 0.0190. The molecule has 2 rings (SSSR count). The maximum atomic E-state index is 9.44. The lowest BCUT2D eigenvalue weighted by Gasteiger charge is -2.33. The molecule has 2 saturated carbocycles. The van der Waals surface area contributed by atoms with Gasteiger partial charge in [-0.2, -0.15) is 0 Å². The van der Waals surface area contributed by atoms with Gasteiger partial charge in [-0.25, -0.2) is 0 Å². The normalized spacial score (nSPS) is 42.8. The highest BCUT2D eigenvalue weighted by atomic mass is 16.3. The highest BCUT2D eigenvalue weighted by Crippen LogP contribution is 2.26. The lowest BCUT2D eigenvalue weighted by atomic mass is 9.85. The van der Waals surface area contributed by atoms with Gasteiger partial charge in [-0.3, -0.25) is 0 Å². The molecule has 2 N–H and O–H groups in total. The lowest BCUT2D eigenvalue weighted by Crippen LogP contribution is -2.42. The van der Waals surface area contributed by atoms with E-state index in [0.29, 0.717) is 6.04 Å².